The van der Waals surface area contributed by atoms with E-state index in [4.69, 9.17) is 11.6 Å². The fourth-order valence-electron chi connectivity index (χ4n) is 1.73. The van der Waals surface area contributed by atoms with E-state index < -0.39 is 4.92 Å². The SMILES string of the molecule is Cc1cccc(CNc2cccc(Cl)c2[N+](=O)[O-])n1. The zero-order valence-electron chi connectivity index (χ0n) is 10.3. The van der Waals surface area contributed by atoms with Gasteiger partial charge in [-0.15, -0.1) is 0 Å². The number of nitrogens with one attached hydrogen (secondary N) is 1. The maximum atomic E-state index is 11.0. The molecule has 2 aromatic rings. The van der Waals surface area contributed by atoms with Gasteiger partial charge in [0.2, 0.25) is 0 Å². The molecule has 0 aliphatic rings. The molecule has 0 saturated carbocycles. The van der Waals surface area contributed by atoms with Gasteiger partial charge in [0.25, 0.3) is 0 Å². The number of aryl methyl sites for hydroxylation is 1. The number of aromatic nitrogens is 1. The van der Waals surface area contributed by atoms with Crippen LogP contribution in [-0.4, -0.2) is 9.91 Å². The average molecular weight is 278 g/mol. The summed E-state index contributed by atoms with van der Waals surface area (Å²) in [6.45, 7) is 2.30. The van der Waals surface area contributed by atoms with Gasteiger partial charge in [-0.1, -0.05) is 23.7 Å². The summed E-state index contributed by atoms with van der Waals surface area (Å²) in [6.07, 6.45) is 0. The van der Waals surface area contributed by atoms with Gasteiger partial charge in [0, 0.05) is 5.69 Å². The predicted molar refractivity (Wildman–Crippen MR) is 74.4 cm³/mol. The number of nitrogens with zero attached hydrogens (tertiary/aromatic N) is 2. The van der Waals surface area contributed by atoms with Gasteiger partial charge in [0.15, 0.2) is 0 Å². The maximum absolute atomic E-state index is 11.0. The molecule has 1 aromatic carbocycles. The molecular formula is C13H12ClN3O2. The van der Waals surface area contributed by atoms with Crippen molar-refractivity contribution in [3.05, 3.63) is 62.9 Å². The molecule has 1 N–H and O–H groups in total. The number of benzene rings is 1. The Morgan fingerprint density at radius 2 is 2.05 bits per heavy atom. The molecule has 5 nitrogen and oxygen atoms in total. The van der Waals surface area contributed by atoms with Crippen LogP contribution in [0.25, 0.3) is 0 Å². The van der Waals surface area contributed by atoms with Gasteiger partial charge in [-0.3, -0.25) is 15.1 Å². The van der Waals surface area contributed by atoms with Crippen molar-refractivity contribution < 1.29 is 4.92 Å². The van der Waals surface area contributed by atoms with Crippen LogP contribution in [0.2, 0.25) is 5.02 Å². The van der Waals surface area contributed by atoms with Crippen molar-refractivity contribution in [2.45, 2.75) is 13.5 Å². The number of hydrogen-bond donors (Lipinski definition) is 1. The first-order valence-corrected chi connectivity index (χ1v) is 6.05. The van der Waals surface area contributed by atoms with E-state index in [0.29, 0.717) is 12.2 Å². The predicted octanol–water partition coefficient (Wildman–Crippen LogP) is 3.56. The van der Waals surface area contributed by atoms with Crippen LogP contribution in [0.4, 0.5) is 11.4 Å². The normalized spacial score (nSPS) is 10.2. The minimum absolute atomic E-state index is 0.114. The number of hydrogen-bond acceptors (Lipinski definition) is 4. The second-order valence-corrected chi connectivity index (χ2v) is 4.42. The molecular weight excluding hydrogens is 266 g/mol. The van der Waals surface area contributed by atoms with Gasteiger partial charge < -0.3 is 5.32 Å². The summed E-state index contributed by atoms with van der Waals surface area (Å²) >= 11 is 5.83. The topological polar surface area (TPSA) is 68.1 Å². The van der Waals surface area contributed by atoms with Crippen LogP contribution in [0.1, 0.15) is 11.4 Å². The smallest absolute Gasteiger partial charge is 0.310 e. The lowest BCUT2D eigenvalue weighted by molar-refractivity contribution is -0.383. The Labute approximate surface area is 115 Å². The van der Waals surface area contributed by atoms with Crippen LogP contribution < -0.4 is 5.32 Å². The molecule has 98 valence electrons. The second kappa shape index (κ2) is 5.67. The van der Waals surface area contributed by atoms with Crippen LogP contribution in [-0.2, 0) is 6.54 Å². The van der Waals surface area contributed by atoms with E-state index in [-0.39, 0.29) is 10.7 Å². The number of halogens is 1. The van der Waals surface area contributed by atoms with Gasteiger partial charge in [-0.25, -0.2) is 0 Å². The Balaban J connectivity index is 2.20. The minimum atomic E-state index is -0.492. The third-order valence-corrected chi connectivity index (χ3v) is 2.88. The van der Waals surface area contributed by atoms with E-state index in [1.165, 1.54) is 6.07 Å². The van der Waals surface area contributed by atoms with Crippen molar-refractivity contribution in [2.24, 2.45) is 0 Å². The van der Waals surface area contributed by atoms with Crippen molar-refractivity contribution in [2.75, 3.05) is 5.32 Å². The molecule has 0 radical (unpaired) electrons. The summed E-state index contributed by atoms with van der Waals surface area (Å²) in [5, 5.41) is 14.1. The van der Waals surface area contributed by atoms with Crippen LogP contribution in [0, 0.1) is 17.0 Å². The van der Waals surface area contributed by atoms with E-state index in [2.05, 4.69) is 10.3 Å². The third-order valence-electron chi connectivity index (χ3n) is 2.58. The molecule has 0 unspecified atom stereocenters. The number of rotatable bonds is 4. The zero-order chi connectivity index (χ0) is 13.8. The summed E-state index contributed by atoms with van der Waals surface area (Å²) in [4.78, 5) is 14.8. The maximum Gasteiger partial charge on any atom is 0.310 e. The Kier molecular flexibility index (Phi) is 3.97. The lowest BCUT2D eigenvalue weighted by Gasteiger charge is -2.07. The first-order valence-electron chi connectivity index (χ1n) is 5.67. The molecule has 0 atom stereocenters. The Morgan fingerprint density at radius 3 is 2.74 bits per heavy atom. The molecule has 6 heteroatoms. The van der Waals surface area contributed by atoms with Gasteiger partial charge >= 0.3 is 5.69 Å². The molecule has 1 heterocycles. The fraction of sp³-hybridized carbons (Fsp3) is 0.154. The number of nitro benzene ring substituents is 1. The monoisotopic (exact) mass is 277 g/mol. The second-order valence-electron chi connectivity index (χ2n) is 4.02. The number of nitro groups is 1. The van der Waals surface area contributed by atoms with E-state index in [0.717, 1.165) is 11.4 Å². The Morgan fingerprint density at radius 1 is 1.32 bits per heavy atom. The van der Waals surface area contributed by atoms with Crippen molar-refractivity contribution in [3.63, 3.8) is 0 Å². The fourth-order valence-corrected chi connectivity index (χ4v) is 1.97. The van der Waals surface area contributed by atoms with Gasteiger partial charge in [-0.2, -0.15) is 0 Å². The van der Waals surface area contributed by atoms with E-state index in [9.17, 15) is 10.1 Å². The third kappa shape index (κ3) is 3.20. The molecule has 0 aliphatic heterocycles. The molecule has 0 fully saturated rings. The first kappa shape index (κ1) is 13.3. The minimum Gasteiger partial charge on any atom is -0.374 e. The van der Waals surface area contributed by atoms with Gasteiger partial charge in [-0.05, 0) is 31.2 Å². The Bertz CT molecular complexity index is 617. The summed E-state index contributed by atoms with van der Waals surface area (Å²) in [6, 6.07) is 10.4. The lowest BCUT2D eigenvalue weighted by Crippen LogP contribution is -2.04. The molecule has 0 aliphatic carbocycles. The van der Waals surface area contributed by atoms with Crippen molar-refractivity contribution in [1.82, 2.24) is 4.98 Å². The highest BCUT2D eigenvalue weighted by molar-refractivity contribution is 6.33. The van der Waals surface area contributed by atoms with Gasteiger partial charge in [0.05, 0.1) is 17.2 Å². The summed E-state index contributed by atoms with van der Waals surface area (Å²) < 4.78 is 0. The van der Waals surface area contributed by atoms with Crippen LogP contribution in [0.5, 0.6) is 0 Å². The molecule has 0 saturated heterocycles. The molecule has 0 bridgehead atoms. The standard InChI is InChI=1S/C13H12ClN3O2/c1-9-4-2-5-10(16-9)8-15-12-7-3-6-11(14)13(12)17(18)19/h2-7,15H,8H2,1H3. The van der Waals surface area contributed by atoms with Crippen LogP contribution in [0.3, 0.4) is 0 Å². The molecule has 0 spiro atoms. The molecule has 0 amide bonds. The van der Waals surface area contributed by atoms with E-state index >= 15 is 0 Å². The average Bonchev–Trinajstić information content (AvgIpc) is 2.36. The van der Waals surface area contributed by atoms with Crippen LogP contribution >= 0.6 is 11.6 Å². The largest absolute Gasteiger partial charge is 0.374 e. The van der Waals surface area contributed by atoms with E-state index in [1.807, 2.05) is 25.1 Å². The highest BCUT2D eigenvalue weighted by atomic mass is 35.5. The molecule has 2 rings (SSSR count). The number of para-hydroxylation sites is 1. The number of anilines is 1. The highest BCUT2D eigenvalue weighted by Gasteiger charge is 2.17. The first-order chi connectivity index (χ1) is 9.08. The van der Waals surface area contributed by atoms with Crippen LogP contribution in [0.15, 0.2) is 36.4 Å². The van der Waals surface area contributed by atoms with Crippen molar-refractivity contribution in [3.8, 4) is 0 Å². The molecule has 1 aromatic heterocycles. The van der Waals surface area contributed by atoms with E-state index in [1.54, 1.807) is 12.1 Å². The summed E-state index contributed by atoms with van der Waals surface area (Å²) in [5.74, 6) is 0. The van der Waals surface area contributed by atoms with Crippen molar-refractivity contribution >= 4 is 23.0 Å². The lowest BCUT2D eigenvalue weighted by atomic mass is 10.2. The number of pyridine rings is 1. The van der Waals surface area contributed by atoms with Crippen molar-refractivity contribution in [1.29, 1.82) is 0 Å². The quantitative estimate of drug-likeness (QED) is 0.685. The Hall–Kier alpha value is -2.14. The molecule has 19 heavy (non-hydrogen) atoms. The van der Waals surface area contributed by atoms with Gasteiger partial charge in [0.1, 0.15) is 10.7 Å². The zero-order valence-corrected chi connectivity index (χ0v) is 11.0. The summed E-state index contributed by atoms with van der Waals surface area (Å²) in [7, 11) is 0. The highest BCUT2D eigenvalue weighted by Crippen LogP contribution is 2.32. The summed E-state index contributed by atoms with van der Waals surface area (Å²) in [5.41, 5.74) is 1.99.